The Morgan fingerprint density at radius 2 is 1.93 bits per heavy atom. The highest BCUT2D eigenvalue weighted by Crippen LogP contribution is 2.20. The predicted molar refractivity (Wildman–Crippen MR) is 38.1 cm³/mol. The van der Waals surface area contributed by atoms with Crippen LogP contribution in [0.3, 0.4) is 0 Å². The van der Waals surface area contributed by atoms with Crippen LogP contribution in [0.25, 0.3) is 0 Å². The molecular formula is C8H4F4O2. The molecule has 1 aromatic carbocycles. The zero-order chi connectivity index (χ0) is 10.8. The first-order valence-corrected chi connectivity index (χ1v) is 3.44. The molecule has 2 nitrogen and oxygen atoms in total. The molecule has 0 atom stereocenters. The number of benzene rings is 1. The van der Waals surface area contributed by atoms with E-state index in [0.29, 0.717) is 6.07 Å². The molecule has 0 saturated heterocycles. The van der Waals surface area contributed by atoms with Gasteiger partial charge in [-0.05, 0) is 12.1 Å². The second-order valence-electron chi connectivity index (χ2n) is 2.34. The lowest BCUT2D eigenvalue weighted by atomic mass is 10.3. The summed E-state index contributed by atoms with van der Waals surface area (Å²) in [6, 6.07) is 3.88. The van der Waals surface area contributed by atoms with Crippen LogP contribution in [-0.4, -0.2) is 12.1 Å². The van der Waals surface area contributed by atoms with Crippen LogP contribution < -0.4 is 4.74 Å². The van der Waals surface area contributed by atoms with Crippen LogP contribution in [0.1, 0.15) is 0 Å². The molecule has 0 radical (unpaired) electrons. The highest BCUT2D eigenvalue weighted by molar-refractivity contribution is 5.78. The number of halogens is 4. The van der Waals surface area contributed by atoms with Gasteiger partial charge in [0.2, 0.25) is 0 Å². The Labute approximate surface area is 76.1 Å². The van der Waals surface area contributed by atoms with Crippen molar-refractivity contribution in [3.8, 4) is 5.75 Å². The lowest BCUT2D eigenvalue weighted by Gasteiger charge is -2.06. The summed E-state index contributed by atoms with van der Waals surface area (Å²) >= 11 is 0. The van der Waals surface area contributed by atoms with Gasteiger partial charge < -0.3 is 4.74 Å². The summed E-state index contributed by atoms with van der Waals surface area (Å²) in [4.78, 5) is 10.3. The van der Waals surface area contributed by atoms with Gasteiger partial charge in [0, 0.05) is 6.07 Å². The van der Waals surface area contributed by atoms with Crippen LogP contribution in [0.2, 0.25) is 0 Å². The molecule has 0 fully saturated rings. The molecule has 0 N–H and O–H groups in total. The fourth-order valence-corrected chi connectivity index (χ4v) is 0.695. The second kappa shape index (κ2) is 3.65. The maximum Gasteiger partial charge on any atom is 0.491 e. The number of carbonyl (C=O) groups excluding carboxylic acids is 1. The van der Waals surface area contributed by atoms with E-state index in [1.54, 1.807) is 0 Å². The van der Waals surface area contributed by atoms with Crippen LogP contribution in [-0.2, 0) is 4.79 Å². The van der Waals surface area contributed by atoms with Gasteiger partial charge in [-0.2, -0.15) is 13.2 Å². The molecule has 0 aliphatic carbocycles. The Balaban J connectivity index is 2.75. The average Bonchev–Trinajstić information content (AvgIpc) is 2.02. The maximum atomic E-state index is 12.4. The summed E-state index contributed by atoms with van der Waals surface area (Å²) in [6.45, 7) is 0. The maximum absolute atomic E-state index is 12.4. The molecule has 0 aliphatic heterocycles. The first kappa shape index (κ1) is 10.5. The number of alkyl halides is 3. The van der Waals surface area contributed by atoms with Gasteiger partial charge in [0.15, 0.2) is 0 Å². The third kappa shape index (κ3) is 2.72. The zero-order valence-electron chi connectivity index (χ0n) is 6.64. The van der Waals surface area contributed by atoms with Crippen molar-refractivity contribution in [1.29, 1.82) is 0 Å². The third-order valence-corrected chi connectivity index (χ3v) is 1.24. The van der Waals surface area contributed by atoms with E-state index in [0.717, 1.165) is 18.2 Å². The molecule has 0 aromatic heterocycles. The number of ether oxygens (including phenoxy) is 1. The number of esters is 1. The Morgan fingerprint density at radius 3 is 2.43 bits per heavy atom. The molecular weight excluding hydrogens is 204 g/mol. The van der Waals surface area contributed by atoms with Gasteiger partial charge in [-0.25, -0.2) is 9.18 Å². The molecule has 0 amide bonds. The van der Waals surface area contributed by atoms with E-state index < -0.39 is 23.7 Å². The molecule has 0 heterocycles. The van der Waals surface area contributed by atoms with E-state index in [9.17, 15) is 22.4 Å². The van der Waals surface area contributed by atoms with Crippen LogP contribution in [0.5, 0.6) is 5.75 Å². The van der Waals surface area contributed by atoms with E-state index >= 15 is 0 Å². The molecule has 6 heteroatoms. The van der Waals surface area contributed by atoms with Crippen LogP contribution in [0, 0.1) is 5.82 Å². The fourth-order valence-electron chi connectivity index (χ4n) is 0.695. The summed E-state index contributed by atoms with van der Waals surface area (Å²) in [7, 11) is 0. The quantitative estimate of drug-likeness (QED) is 0.402. The van der Waals surface area contributed by atoms with E-state index in [1.807, 2.05) is 0 Å². The van der Waals surface area contributed by atoms with E-state index in [4.69, 9.17) is 0 Å². The van der Waals surface area contributed by atoms with Crippen molar-refractivity contribution in [2.75, 3.05) is 0 Å². The number of hydrogen-bond donors (Lipinski definition) is 0. The van der Waals surface area contributed by atoms with Crippen LogP contribution in [0.4, 0.5) is 17.6 Å². The standard InChI is InChI=1S/C8H4F4O2/c9-5-2-1-3-6(4-5)14-7(13)8(10,11)12/h1-4H. The minimum Gasteiger partial charge on any atom is -0.420 e. The monoisotopic (exact) mass is 208 g/mol. The molecule has 0 bridgehead atoms. The van der Waals surface area contributed by atoms with Gasteiger partial charge in [-0.1, -0.05) is 6.07 Å². The predicted octanol–water partition coefficient (Wildman–Crippen LogP) is 2.29. The van der Waals surface area contributed by atoms with Crippen molar-refractivity contribution in [2.45, 2.75) is 6.18 Å². The summed E-state index contributed by atoms with van der Waals surface area (Å²) in [5, 5.41) is 0. The molecule has 0 unspecified atom stereocenters. The molecule has 1 rings (SSSR count). The zero-order valence-corrected chi connectivity index (χ0v) is 6.64. The lowest BCUT2D eigenvalue weighted by molar-refractivity contribution is -0.189. The van der Waals surface area contributed by atoms with Crippen molar-refractivity contribution >= 4 is 5.97 Å². The van der Waals surface area contributed by atoms with Gasteiger partial charge in [0.05, 0.1) is 0 Å². The highest BCUT2D eigenvalue weighted by atomic mass is 19.4. The van der Waals surface area contributed by atoms with Gasteiger partial charge in [-0.15, -0.1) is 0 Å². The Hall–Kier alpha value is -1.59. The van der Waals surface area contributed by atoms with Gasteiger partial charge in [0.1, 0.15) is 11.6 Å². The van der Waals surface area contributed by atoms with Gasteiger partial charge in [-0.3, -0.25) is 0 Å². The van der Waals surface area contributed by atoms with Crippen molar-refractivity contribution in [1.82, 2.24) is 0 Å². The Kier molecular flexibility index (Phi) is 2.73. The smallest absolute Gasteiger partial charge is 0.420 e. The van der Waals surface area contributed by atoms with Crippen molar-refractivity contribution < 1.29 is 27.1 Å². The minimum absolute atomic E-state index is 0.479. The van der Waals surface area contributed by atoms with E-state index in [-0.39, 0.29) is 0 Å². The first-order chi connectivity index (χ1) is 6.39. The van der Waals surface area contributed by atoms with Gasteiger partial charge in [0.25, 0.3) is 0 Å². The second-order valence-corrected chi connectivity index (χ2v) is 2.34. The van der Waals surface area contributed by atoms with E-state index in [1.165, 1.54) is 0 Å². The molecule has 76 valence electrons. The Morgan fingerprint density at radius 1 is 1.29 bits per heavy atom. The molecule has 14 heavy (non-hydrogen) atoms. The molecule has 0 aliphatic rings. The minimum atomic E-state index is -5.08. The number of hydrogen-bond acceptors (Lipinski definition) is 2. The van der Waals surface area contributed by atoms with Crippen molar-refractivity contribution in [3.63, 3.8) is 0 Å². The number of rotatable bonds is 1. The van der Waals surface area contributed by atoms with E-state index in [2.05, 4.69) is 4.74 Å². The molecule has 1 aromatic rings. The topological polar surface area (TPSA) is 26.3 Å². The summed E-state index contributed by atoms with van der Waals surface area (Å²) in [5.41, 5.74) is 0. The van der Waals surface area contributed by atoms with Crippen LogP contribution in [0.15, 0.2) is 24.3 Å². The summed E-state index contributed by atoms with van der Waals surface area (Å²) in [6.07, 6.45) is -5.08. The fraction of sp³-hybridized carbons (Fsp3) is 0.125. The summed E-state index contributed by atoms with van der Waals surface area (Å²) < 4.78 is 51.3. The van der Waals surface area contributed by atoms with Gasteiger partial charge >= 0.3 is 12.1 Å². The highest BCUT2D eigenvalue weighted by Gasteiger charge is 2.41. The molecule has 0 saturated carbocycles. The lowest BCUT2D eigenvalue weighted by Crippen LogP contribution is -2.27. The third-order valence-electron chi connectivity index (χ3n) is 1.24. The largest absolute Gasteiger partial charge is 0.491 e. The van der Waals surface area contributed by atoms with Crippen LogP contribution >= 0.6 is 0 Å². The Bertz CT molecular complexity index is 345. The number of carbonyl (C=O) groups is 1. The van der Waals surface area contributed by atoms with Crippen molar-refractivity contribution in [3.05, 3.63) is 30.1 Å². The van der Waals surface area contributed by atoms with Crippen molar-refractivity contribution in [2.24, 2.45) is 0 Å². The first-order valence-electron chi connectivity index (χ1n) is 3.44. The average molecular weight is 208 g/mol. The SMILES string of the molecule is O=C(Oc1cccc(F)c1)C(F)(F)F. The summed E-state index contributed by atoms with van der Waals surface area (Å²) in [5.74, 6) is -3.63. The normalized spacial score (nSPS) is 11.1. The molecule has 0 spiro atoms.